The zero-order chi connectivity index (χ0) is 13.0. The fraction of sp³-hybridized carbons (Fsp3) is 0.0769. The fourth-order valence-corrected chi connectivity index (χ4v) is 2.02. The number of benzene rings is 1. The lowest BCUT2D eigenvalue weighted by molar-refractivity contribution is -0.134. The minimum atomic E-state index is -0.388. The van der Waals surface area contributed by atoms with E-state index in [1.165, 1.54) is 13.2 Å². The first kappa shape index (κ1) is 12.3. The van der Waals surface area contributed by atoms with Crippen molar-refractivity contribution < 1.29 is 9.53 Å². The van der Waals surface area contributed by atoms with E-state index < -0.39 is 0 Å². The lowest BCUT2D eigenvalue weighted by atomic mass is 10.1. The molecule has 1 N–H and O–H groups in total. The molecule has 0 unspecified atom stereocenters. The van der Waals surface area contributed by atoms with Crippen LogP contribution in [0.4, 0.5) is 0 Å². The van der Waals surface area contributed by atoms with Gasteiger partial charge in [-0.1, -0.05) is 35.6 Å². The van der Waals surface area contributed by atoms with E-state index in [2.05, 4.69) is 9.72 Å². The molecular weight excluding hydrogens is 250 g/mol. The van der Waals surface area contributed by atoms with Crippen LogP contribution in [-0.2, 0) is 9.53 Å². The topological polar surface area (TPSA) is 59.2 Å². The highest BCUT2D eigenvalue weighted by molar-refractivity contribution is 7.07. The summed E-state index contributed by atoms with van der Waals surface area (Å²) in [6.07, 6.45) is 3.04. The van der Waals surface area contributed by atoms with Gasteiger partial charge in [-0.3, -0.25) is 4.79 Å². The van der Waals surface area contributed by atoms with Gasteiger partial charge >= 0.3 is 10.8 Å². The Morgan fingerprint density at radius 2 is 2.06 bits per heavy atom. The first-order valence-corrected chi connectivity index (χ1v) is 6.11. The summed E-state index contributed by atoms with van der Waals surface area (Å²) in [6.45, 7) is 0. The second-order valence-corrected chi connectivity index (χ2v) is 4.38. The number of H-pyrrole nitrogens is 1. The van der Waals surface area contributed by atoms with E-state index in [9.17, 15) is 9.59 Å². The molecule has 0 fully saturated rings. The number of nitrogens with one attached hydrogen (secondary N) is 1. The molecule has 0 aliphatic rings. The minimum absolute atomic E-state index is 0.0698. The van der Waals surface area contributed by atoms with Crippen molar-refractivity contribution >= 4 is 23.4 Å². The minimum Gasteiger partial charge on any atom is -0.466 e. The molecule has 0 saturated heterocycles. The molecule has 0 aliphatic heterocycles. The van der Waals surface area contributed by atoms with Crippen molar-refractivity contribution in [3.63, 3.8) is 0 Å². The van der Waals surface area contributed by atoms with Crippen molar-refractivity contribution in [2.24, 2.45) is 0 Å². The van der Waals surface area contributed by atoms with Crippen LogP contribution in [0.25, 0.3) is 17.3 Å². The predicted octanol–water partition coefficient (Wildman–Crippen LogP) is 2.29. The maximum absolute atomic E-state index is 11.0. The Kier molecular flexibility index (Phi) is 3.74. The Balaban J connectivity index is 2.18. The highest BCUT2D eigenvalue weighted by Crippen LogP contribution is 2.18. The number of carbonyl (C=O) groups is 1. The zero-order valence-electron chi connectivity index (χ0n) is 9.67. The molecule has 92 valence electrons. The van der Waals surface area contributed by atoms with Crippen molar-refractivity contribution in [3.8, 4) is 11.3 Å². The summed E-state index contributed by atoms with van der Waals surface area (Å²) in [4.78, 5) is 24.6. The molecule has 2 aromatic rings. The molecule has 1 aromatic carbocycles. The van der Waals surface area contributed by atoms with Crippen molar-refractivity contribution in [1.29, 1.82) is 0 Å². The number of methoxy groups -OCH3 is 1. The highest BCUT2D eigenvalue weighted by atomic mass is 32.1. The summed E-state index contributed by atoms with van der Waals surface area (Å²) in [5.74, 6) is -0.388. The Bertz CT molecular complexity index is 622. The number of rotatable bonds is 3. The molecular formula is C13H11NO3S. The van der Waals surface area contributed by atoms with E-state index >= 15 is 0 Å². The van der Waals surface area contributed by atoms with Crippen LogP contribution >= 0.6 is 11.3 Å². The van der Waals surface area contributed by atoms with Gasteiger partial charge in [0, 0.05) is 11.5 Å². The summed E-state index contributed by atoms with van der Waals surface area (Å²) in [7, 11) is 1.34. The molecule has 1 heterocycles. The summed E-state index contributed by atoms with van der Waals surface area (Å²) in [5, 5.41) is 1.78. The van der Waals surface area contributed by atoms with Gasteiger partial charge in [-0.05, 0) is 17.2 Å². The Labute approximate surface area is 108 Å². The number of hydrogen-bond acceptors (Lipinski definition) is 4. The third-order valence-corrected chi connectivity index (χ3v) is 3.02. The van der Waals surface area contributed by atoms with E-state index in [4.69, 9.17) is 0 Å². The molecule has 0 atom stereocenters. The third kappa shape index (κ3) is 2.95. The maximum atomic E-state index is 11.0. The van der Waals surface area contributed by atoms with E-state index in [0.29, 0.717) is 0 Å². The summed E-state index contributed by atoms with van der Waals surface area (Å²) < 4.78 is 4.50. The van der Waals surface area contributed by atoms with Crippen LogP contribution in [0.2, 0.25) is 0 Å². The summed E-state index contributed by atoms with van der Waals surface area (Å²) >= 11 is 1.13. The van der Waals surface area contributed by atoms with Crippen molar-refractivity contribution in [3.05, 3.63) is 51.0 Å². The molecule has 4 nitrogen and oxygen atoms in total. The lowest BCUT2D eigenvalue weighted by Gasteiger charge is -1.98. The monoisotopic (exact) mass is 261 g/mol. The number of aromatic nitrogens is 1. The molecule has 2 rings (SSSR count). The number of carbonyl (C=O) groups excluding carboxylic acids is 1. The van der Waals surface area contributed by atoms with Gasteiger partial charge in [0.1, 0.15) is 0 Å². The Morgan fingerprint density at radius 1 is 1.33 bits per heavy atom. The average molecular weight is 261 g/mol. The predicted molar refractivity (Wildman–Crippen MR) is 71.4 cm³/mol. The normalized spacial score (nSPS) is 10.7. The van der Waals surface area contributed by atoms with Gasteiger partial charge in [0.25, 0.3) is 0 Å². The van der Waals surface area contributed by atoms with Gasteiger partial charge in [0.15, 0.2) is 0 Å². The number of hydrogen-bond donors (Lipinski definition) is 1. The first-order valence-electron chi connectivity index (χ1n) is 5.23. The van der Waals surface area contributed by atoms with E-state index in [1.807, 2.05) is 24.3 Å². The van der Waals surface area contributed by atoms with Gasteiger partial charge < -0.3 is 9.72 Å². The average Bonchev–Trinajstić information content (AvgIpc) is 2.83. The Morgan fingerprint density at radius 3 is 2.61 bits per heavy atom. The number of thiazole rings is 1. The van der Waals surface area contributed by atoms with Gasteiger partial charge in [-0.15, -0.1) is 0 Å². The van der Waals surface area contributed by atoms with Gasteiger partial charge in [-0.25, -0.2) is 4.79 Å². The maximum Gasteiger partial charge on any atom is 0.330 e. The van der Waals surface area contributed by atoms with Crippen molar-refractivity contribution in [2.45, 2.75) is 0 Å². The molecule has 0 saturated carbocycles. The molecule has 0 radical (unpaired) electrons. The first-order chi connectivity index (χ1) is 8.69. The van der Waals surface area contributed by atoms with Crippen LogP contribution in [0.15, 0.2) is 40.5 Å². The van der Waals surface area contributed by atoms with Crippen LogP contribution in [0, 0.1) is 0 Å². The van der Waals surface area contributed by atoms with Crippen LogP contribution in [0.3, 0.4) is 0 Å². The Hall–Kier alpha value is -2.14. The van der Waals surface area contributed by atoms with E-state index in [-0.39, 0.29) is 10.8 Å². The largest absolute Gasteiger partial charge is 0.466 e. The number of ether oxygens (including phenoxy) is 1. The quantitative estimate of drug-likeness (QED) is 0.681. The standard InChI is InChI=1S/C13H11NO3S/c1-17-12(15)7-4-9-2-5-10(6-3-9)11-8-18-13(16)14-11/h2-8H,1H3,(H,14,16). The van der Waals surface area contributed by atoms with Crippen LogP contribution in [0.5, 0.6) is 0 Å². The third-order valence-electron chi connectivity index (χ3n) is 2.36. The van der Waals surface area contributed by atoms with Gasteiger partial charge in [0.05, 0.1) is 12.8 Å². The molecule has 0 aliphatic carbocycles. The molecule has 18 heavy (non-hydrogen) atoms. The molecule has 0 spiro atoms. The van der Waals surface area contributed by atoms with Gasteiger partial charge in [-0.2, -0.15) is 0 Å². The van der Waals surface area contributed by atoms with Crippen LogP contribution < -0.4 is 4.87 Å². The van der Waals surface area contributed by atoms with Crippen LogP contribution in [0.1, 0.15) is 5.56 Å². The number of esters is 1. The number of aromatic amines is 1. The SMILES string of the molecule is COC(=O)C=Cc1ccc(-c2csc(=O)[nH]2)cc1. The van der Waals surface area contributed by atoms with Crippen molar-refractivity contribution in [2.75, 3.05) is 7.11 Å². The van der Waals surface area contributed by atoms with Crippen molar-refractivity contribution in [1.82, 2.24) is 4.98 Å². The van der Waals surface area contributed by atoms with E-state index in [1.54, 1.807) is 11.5 Å². The zero-order valence-corrected chi connectivity index (χ0v) is 10.5. The molecule has 5 heteroatoms. The fourth-order valence-electron chi connectivity index (χ4n) is 1.43. The smallest absolute Gasteiger partial charge is 0.330 e. The highest BCUT2D eigenvalue weighted by Gasteiger charge is 2.00. The molecule has 1 aromatic heterocycles. The summed E-state index contributed by atoms with van der Waals surface area (Å²) in [6, 6.07) is 7.50. The second-order valence-electron chi connectivity index (χ2n) is 3.54. The molecule has 0 amide bonds. The summed E-state index contributed by atoms with van der Waals surface area (Å²) in [5.41, 5.74) is 2.62. The van der Waals surface area contributed by atoms with Crippen LogP contribution in [-0.4, -0.2) is 18.1 Å². The lowest BCUT2D eigenvalue weighted by Crippen LogP contribution is -1.93. The van der Waals surface area contributed by atoms with Gasteiger partial charge in [0.2, 0.25) is 0 Å². The molecule has 0 bridgehead atoms. The second kappa shape index (κ2) is 5.46. The van der Waals surface area contributed by atoms with E-state index in [0.717, 1.165) is 28.2 Å².